The fraction of sp³-hybridized carbons (Fsp3) is 0.286. The number of hydrogen-bond acceptors (Lipinski definition) is 8. The molecule has 0 aliphatic heterocycles. The van der Waals surface area contributed by atoms with E-state index < -0.39 is 11.9 Å². The molecule has 0 saturated heterocycles. The Hall–Kier alpha value is -3.91. The molecule has 0 bridgehead atoms. The molecule has 0 aromatic heterocycles. The third kappa shape index (κ3) is 8.10. The van der Waals surface area contributed by atoms with Gasteiger partial charge in [-0.05, 0) is 38.1 Å². The van der Waals surface area contributed by atoms with E-state index >= 15 is 0 Å². The summed E-state index contributed by atoms with van der Waals surface area (Å²) in [4.78, 5) is 28.9. The third-order valence-corrected chi connectivity index (χ3v) is 3.55. The van der Waals surface area contributed by atoms with Gasteiger partial charge in [-0.2, -0.15) is 10.5 Å². The Labute approximate surface area is 170 Å². The quantitative estimate of drug-likeness (QED) is 0.340. The summed E-state index contributed by atoms with van der Waals surface area (Å²) in [6.07, 6.45) is 0. The molecule has 0 aliphatic rings. The Balaban J connectivity index is 2.87. The van der Waals surface area contributed by atoms with Crippen molar-refractivity contribution in [2.45, 2.75) is 13.8 Å². The Morgan fingerprint density at radius 1 is 0.966 bits per heavy atom. The lowest BCUT2D eigenvalue weighted by molar-refractivity contribution is -0.139. The second-order valence-electron chi connectivity index (χ2n) is 6.02. The zero-order chi connectivity index (χ0) is 21.8. The van der Waals surface area contributed by atoms with Gasteiger partial charge >= 0.3 is 11.9 Å². The highest BCUT2D eigenvalue weighted by Crippen LogP contribution is 2.20. The van der Waals surface area contributed by atoms with Gasteiger partial charge in [-0.3, -0.25) is 0 Å². The predicted molar refractivity (Wildman–Crippen MR) is 109 cm³/mol. The highest BCUT2D eigenvalue weighted by Gasteiger charge is 2.11. The van der Waals surface area contributed by atoms with E-state index in [-0.39, 0.29) is 18.9 Å². The van der Waals surface area contributed by atoms with Crippen LogP contribution in [0.2, 0.25) is 0 Å². The first-order valence-corrected chi connectivity index (χ1v) is 8.67. The zero-order valence-corrected chi connectivity index (χ0v) is 16.5. The van der Waals surface area contributed by atoms with Gasteiger partial charge < -0.3 is 14.4 Å². The maximum atomic E-state index is 11.6. The number of nitriles is 2. The molecule has 29 heavy (non-hydrogen) atoms. The van der Waals surface area contributed by atoms with Gasteiger partial charge in [-0.15, -0.1) is 0 Å². The highest BCUT2D eigenvalue weighted by atomic mass is 16.5. The molecule has 0 unspecified atom stereocenters. The molecule has 0 fully saturated rings. The summed E-state index contributed by atoms with van der Waals surface area (Å²) < 4.78 is 10.3. The largest absolute Gasteiger partial charge is 0.460 e. The van der Waals surface area contributed by atoms with E-state index in [2.05, 4.69) is 18.2 Å². The average molecular weight is 394 g/mol. The first-order chi connectivity index (χ1) is 13.8. The smallest absolute Gasteiger partial charge is 0.333 e. The van der Waals surface area contributed by atoms with Crippen LogP contribution in [0.1, 0.15) is 13.8 Å². The molecule has 0 atom stereocenters. The summed E-state index contributed by atoms with van der Waals surface area (Å²) in [5.41, 5.74) is 1.58. The van der Waals surface area contributed by atoms with Gasteiger partial charge in [0.25, 0.3) is 0 Å². The standard InChI is InChI=1S/C21H22N4O4/c1-15(2)20(26)28-11-9-25(10-12-29-21(27)16(3)4)19-7-5-17(6-8-19)24-18(13-22)14-23/h5-8H,1,3,9-12H2,2,4H3. The van der Waals surface area contributed by atoms with E-state index in [0.717, 1.165) is 5.69 Å². The van der Waals surface area contributed by atoms with E-state index in [4.69, 9.17) is 20.0 Å². The Bertz CT molecular complexity index is 841. The van der Waals surface area contributed by atoms with Gasteiger partial charge in [0.2, 0.25) is 5.71 Å². The number of hydrogen-bond donors (Lipinski definition) is 0. The molecular formula is C21H22N4O4. The maximum Gasteiger partial charge on any atom is 0.333 e. The topological polar surface area (TPSA) is 116 Å². The molecular weight excluding hydrogens is 372 g/mol. The van der Waals surface area contributed by atoms with Crippen molar-refractivity contribution < 1.29 is 19.1 Å². The van der Waals surface area contributed by atoms with Crippen LogP contribution in [-0.4, -0.2) is 44.0 Å². The van der Waals surface area contributed by atoms with E-state index in [9.17, 15) is 9.59 Å². The number of esters is 2. The third-order valence-electron chi connectivity index (χ3n) is 3.55. The lowest BCUT2D eigenvalue weighted by Crippen LogP contribution is -2.32. The van der Waals surface area contributed by atoms with Crippen LogP contribution in [0.15, 0.2) is 53.6 Å². The van der Waals surface area contributed by atoms with Crippen molar-refractivity contribution in [2.24, 2.45) is 4.99 Å². The Morgan fingerprint density at radius 3 is 1.79 bits per heavy atom. The van der Waals surface area contributed by atoms with Gasteiger partial charge in [0.1, 0.15) is 25.4 Å². The molecule has 1 aromatic rings. The van der Waals surface area contributed by atoms with Crippen LogP contribution in [0.5, 0.6) is 0 Å². The minimum atomic E-state index is -0.483. The monoisotopic (exact) mass is 394 g/mol. The summed E-state index contributed by atoms with van der Waals surface area (Å²) in [5.74, 6) is -0.965. The normalized spacial score (nSPS) is 9.38. The molecule has 0 spiro atoms. The van der Waals surface area contributed by atoms with Gasteiger partial charge in [-0.1, -0.05) is 13.2 Å². The molecule has 150 valence electrons. The van der Waals surface area contributed by atoms with Crippen LogP contribution in [0.3, 0.4) is 0 Å². The van der Waals surface area contributed by atoms with Crippen molar-refractivity contribution in [1.82, 2.24) is 0 Å². The van der Waals surface area contributed by atoms with Gasteiger partial charge in [0.05, 0.1) is 18.8 Å². The molecule has 0 amide bonds. The van der Waals surface area contributed by atoms with Crippen molar-refractivity contribution >= 4 is 29.0 Å². The molecule has 0 heterocycles. The van der Waals surface area contributed by atoms with Crippen LogP contribution in [0.25, 0.3) is 0 Å². The number of carbonyl (C=O) groups excluding carboxylic acids is 2. The zero-order valence-electron chi connectivity index (χ0n) is 16.5. The van der Waals surface area contributed by atoms with E-state index in [1.54, 1.807) is 50.3 Å². The minimum Gasteiger partial charge on any atom is -0.460 e. The van der Waals surface area contributed by atoms with Crippen molar-refractivity contribution in [3.8, 4) is 12.1 Å². The molecule has 0 saturated carbocycles. The lowest BCUT2D eigenvalue weighted by Gasteiger charge is -2.24. The number of ether oxygens (including phenoxy) is 2. The number of benzene rings is 1. The first kappa shape index (κ1) is 23.1. The molecule has 8 heteroatoms. The Morgan fingerprint density at radius 2 is 1.41 bits per heavy atom. The van der Waals surface area contributed by atoms with Crippen molar-refractivity contribution in [2.75, 3.05) is 31.2 Å². The second-order valence-corrected chi connectivity index (χ2v) is 6.02. The lowest BCUT2D eigenvalue weighted by atomic mass is 10.2. The summed E-state index contributed by atoms with van der Waals surface area (Å²) >= 11 is 0. The number of carbonyl (C=O) groups is 2. The van der Waals surface area contributed by atoms with Crippen molar-refractivity contribution in [1.29, 1.82) is 10.5 Å². The van der Waals surface area contributed by atoms with Crippen molar-refractivity contribution in [3.63, 3.8) is 0 Å². The van der Waals surface area contributed by atoms with Gasteiger partial charge in [0.15, 0.2) is 0 Å². The summed E-state index contributed by atoms with van der Waals surface area (Å²) in [5, 5.41) is 17.6. The van der Waals surface area contributed by atoms with Crippen molar-refractivity contribution in [3.05, 3.63) is 48.6 Å². The van der Waals surface area contributed by atoms with Crippen LogP contribution in [0, 0.1) is 22.7 Å². The maximum absolute atomic E-state index is 11.6. The summed E-state index contributed by atoms with van der Waals surface area (Å²) in [7, 11) is 0. The van der Waals surface area contributed by atoms with E-state index in [0.29, 0.717) is 29.9 Å². The SMILES string of the molecule is C=C(C)C(=O)OCCN(CCOC(=O)C(=C)C)c1ccc(N=C(C#N)C#N)cc1. The average Bonchev–Trinajstić information content (AvgIpc) is 2.70. The van der Waals surface area contributed by atoms with Crippen LogP contribution in [-0.2, 0) is 19.1 Å². The molecule has 0 aliphatic carbocycles. The number of aliphatic imine (C=N–C) groups is 1. The number of anilines is 1. The molecule has 0 N–H and O–H groups in total. The summed E-state index contributed by atoms with van der Waals surface area (Å²) in [6, 6.07) is 10.2. The Kier molecular flexibility index (Phi) is 9.36. The summed E-state index contributed by atoms with van der Waals surface area (Å²) in [6.45, 7) is 11.1. The molecule has 1 aromatic carbocycles. The number of nitrogens with zero attached hydrogens (tertiary/aromatic N) is 4. The fourth-order valence-electron chi connectivity index (χ4n) is 2.06. The molecule has 8 nitrogen and oxygen atoms in total. The van der Waals surface area contributed by atoms with Crippen LogP contribution < -0.4 is 4.90 Å². The van der Waals surface area contributed by atoms with Crippen LogP contribution >= 0.6 is 0 Å². The van der Waals surface area contributed by atoms with Gasteiger partial charge in [-0.25, -0.2) is 14.6 Å². The van der Waals surface area contributed by atoms with Crippen LogP contribution in [0.4, 0.5) is 11.4 Å². The molecule has 0 radical (unpaired) electrons. The molecule has 1 rings (SSSR count). The van der Waals surface area contributed by atoms with Gasteiger partial charge in [0, 0.05) is 16.8 Å². The van der Waals surface area contributed by atoms with E-state index in [1.807, 2.05) is 4.90 Å². The minimum absolute atomic E-state index is 0.118. The number of rotatable bonds is 10. The first-order valence-electron chi connectivity index (χ1n) is 8.67. The predicted octanol–water partition coefficient (Wildman–Crippen LogP) is 2.85. The second kappa shape index (κ2) is 11.7. The fourth-order valence-corrected chi connectivity index (χ4v) is 2.06. The highest BCUT2D eigenvalue weighted by molar-refractivity contribution is 6.11. The van der Waals surface area contributed by atoms with E-state index in [1.165, 1.54) is 0 Å².